The largest absolute Gasteiger partial charge is 0.487 e. The minimum Gasteiger partial charge on any atom is -0.487 e. The van der Waals surface area contributed by atoms with Crippen LogP contribution in [0.25, 0.3) is 0 Å². The van der Waals surface area contributed by atoms with Crippen LogP contribution in [0.15, 0.2) is 30.9 Å². The number of ether oxygens (including phenoxy) is 1. The van der Waals surface area contributed by atoms with Gasteiger partial charge in [0.25, 0.3) is 0 Å². The molecular formula is C26H24F3N3O2. The number of hydrogen-bond donors (Lipinski definition) is 0. The quantitative estimate of drug-likeness (QED) is 0.569. The maximum atomic E-state index is 13.8. The van der Waals surface area contributed by atoms with E-state index in [1.165, 1.54) is 0 Å². The van der Waals surface area contributed by atoms with Gasteiger partial charge in [0.05, 0.1) is 29.0 Å². The monoisotopic (exact) mass is 467 g/mol. The van der Waals surface area contributed by atoms with Gasteiger partial charge in [-0.3, -0.25) is 14.8 Å². The van der Waals surface area contributed by atoms with Crippen LogP contribution < -0.4 is 4.74 Å². The highest BCUT2D eigenvalue weighted by Crippen LogP contribution is 2.68. The number of hydrogen-bond acceptors (Lipinski definition) is 4. The van der Waals surface area contributed by atoms with Crippen LogP contribution in [0.1, 0.15) is 66.8 Å². The average Bonchev–Trinajstić information content (AvgIpc) is 3.50. The van der Waals surface area contributed by atoms with Crippen molar-refractivity contribution >= 4 is 5.91 Å². The lowest BCUT2D eigenvalue weighted by Crippen LogP contribution is -2.41. The Morgan fingerprint density at radius 3 is 2.56 bits per heavy atom. The lowest BCUT2D eigenvalue weighted by Gasteiger charge is -2.34. The first kappa shape index (κ1) is 21.5. The molecule has 3 fully saturated rings. The number of aryl methyl sites for hydroxylation is 1. The van der Waals surface area contributed by atoms with Crippen molar-refractivity contribution in [2.75, 3.05) is 6.54 Å². The lowest BCUT2D eigenvalue weighted by atomic mass is 9.81. The van der Waals surface area contributed by atoms with Crippen molar-refractivity contribution in [1.29, 1.82) is 0 Å². The summed E-state index contributed by atoms with van der Waals surface area (Å²) in [5.41, 5.74) is 0.647. The molecule has 0 radical (unpaired) electrons. The fourth-order valence-electron chi connectivity index (χ4n) is 6.41. The van der Waals surface area contributed by atoms with E-state index in [-0.39, 0.29) is 37.3 Å². The predicted molar refractivity (Wildman–Crippen MR) is 117 cm³/mol. The van der Waals surface area contributed by atoms with Gasteiger partial charge in [0.1, 0.15) is 11.9 Å². The SMILES string of the molecule is Cc1ccncc1C#Cc1cncc2c1O[C@H]1C[C@@H]2N(C(=O)C23CCC(C(F)(F)F)(CC2)C3)C1. The van der Waals surface area contributed by atoms with Crippen LogP contribution in [0.5, 0.6) is 5.75 Å². The Hall–Kier alpha value is -3.08. The highest BCUT2D eigenvalue weighted by molar-refractivity contribution is 5.85. The Morgan fingerprint density at radius 1 is 1.12 bits per heavy atom. The molecule has 8 heteroatoms. The average molecular weight is 467 g/mol. The fraction of sp³-hybridized carbons (Fsp3) is 0.500. The molecule has 2 aliphatic carbocycles. The summed E-state index contributed by atoms with van der Waals surface area (Å²) < 4.78 is 47.5. The van der Waals surface area contributed by atoms with E-state index in [2.05, 4.69) is 21.8 Å². The molecule has 4 bridgehead atoms. The van der Waals surface area contributed by atoms with Crippen molar-refractivity contribution in [3.05, 3.63) is 53.1 Å². The lowest BCUT2D eigenvalue weighted by molar-refractivity contribution is -0.220. The highest BCUT2D eigenvalue weighted by atomic mass is 19.4. The Bertz CT molecular complexity index is 1240. The minimum absolute atomic E-state index is 0.0479. The molecule has 2 aromatic heterocycles. The molecule has 2 atom stereocenters. The first-order valence-corrected chi connectivity index (χ1v) is 11.7. The number of carbonyl (C=O) groups is 1. The van der Waals surface area contributed by atoms with Crippen molar-refractivity contribution in [3.63, 3.8) is 0 Å². The topological polar surface area (TPSA) is 55.3 Å². The van der Waals surface area contributed by atoms with Gasteiger partial charge in [-0.25, -0.2) is 0 Å². The summed E-state index contributed by atoms with van der Waals surface area (Å²) in [6.07, 6.45) is 3.56. The summed E-state index contributed by atoms with van der Waals surface area (Å²) in [6.45, 7) is 2.34. The number of halogens is 3. The third-order valence-electron chi connectivity index (χ3n) is 8.36. The van der Waals surface area contributed by atoms with E-state index >= 15 is 0 Å². The summed E-state index contributed by atoms with van der Waals surface area (Å²) >= 11 is 0. The van der Waals surface area contributed by atoms with Gasteiger partial charge in [-0.2, -0.15) is 13.2 Å². The molecule has 6 rings (SSSR count). The molecule has 34 heavy (non-hydrogen) atoms. The zero-order chi connectivity index (χ0) is 23.7. The Kier molecular flexibility index (Phi) is 4.55. The van der Waals surface area contributed by atoms with E-state index in [4.69, 9.17) is 4.74 Å². The van der Waals surface area contributed by atoms with Crippen LogP contribution >= 0.6 is 0 Å². The second-order valence-electron chi connectivity index (χ2n) is 10.2. The van der Waals surface area contributed by atoms with Gasteiger partial charge in [0.2, 0.25) is 5.91 Å². The second kappa shape index (κ2) is 7.21. The number of rotatable bonds is 1. The number of fused-ring (bicyclic) bond motifs is 6. The van der Waals surface area contributed by atoms with Gasteiger partial charge < -0.3 is 9.64 Å². The van der Waals surface area contributed by atoms with Crippen molar-refractivity contribution in [1.82, 2.24) is 14.9 Å². The molecule has 176 valence electrons. The highest BCUT2D eigenvalue weighted by Gasteiger charge is 2.69. The van der Waals surface area contributed by atoms with E-state index in [0.29, 0.717) is 37.1 Å². The first-order chi connectivity index (χ1) is 16.2. The molecule has 2 aromatic rings. The van der Waals surface area contributed by atoms with E-state index in [0.717, 1.165) is 16.7 Å². The zero-order valence-corrected chi connectivity index (χ0v) is 18.8. The summed E-state index contributed by atoms with van der Waals surface area (Å²) in [6, 6.07) is 1.65. The van der Waals surface area contributed by atoms with Crippen LogP contribution in [0.3, 0.4) is 0 Å². The molecule has 2 saturated carbocycles. The van der Waals surface area contributed by atoms with E-state index < -0.39 is 17.0 Å². The first-order valence-electron chi connectivity index (χ1n) is 11.7. The Morgan fingerprint density at radius 2 is 1.85 bits per heavy atom. The molecule has 0 spiro atoms. The fourth-order valence-corrected chi connectivity index (χ4v) is 6.41. The smallest absolute Gasteiger partial charge is 0.394 e. The third kappa shape index (κ3) is 3.05. The van der Waals surface area contributed by atoms with Crippen LogP contribution in [0.2, 0.25) is 0 Å². The van der Waals surface area contributed by atoms with Crippen LogP contribution in [0.4, 0.5) is 13.2 Å². The molecule has 1 saturated heterocycles. The third-order valence-corrected chi connectivity index (χ3v) is 8.36. The zero-order valence-electron chi connectivity index (χ0n) is 18.8. The molecule has 4 heterocycles. The number of carbonyl (C=O) groups excluding carboxylic acids is 1. The van der Waals surface area contributed by atoms with Crippen LogP contribution in [-0.2, 0) is 4.79 Å². The van der Waals surface area contributed by atoms with Gasteiger partial charge in [-0.05, 0) is 50.7 Å². The summed E-state index contributed by atoms with van der Waals surface area (Å²) in [4.78, 5) is 24.0. The van der Waals surface area contributed by atoms with Crippen molar-refractivity contribution in [2.45, 2.75) is 63.8 Å². The molecule has 2 aliphatic heterocycles. The molecule has 0 N–H and O–H groups in total. The van der Waals surface area contributed by atoms with Gasteiger partial charge in [-0.1, -0.05) is 11.8 Å². The standard InChI is InChI=1S/C26H24F3N3O2/c1-16-4-9-30-11-17(16)2-3-18-12-31-13-20-21-10-19(34-22(18)20)14-32(21)23(33)24-5-7-25(15-24,8-6-24)26(27,28)29/h4,9,11-13,19,21H,5-8,10,14-15H2,1H3/t19-,21-,24?,25?/m0/s1. The summed E-state index contributed by atoms with van der Waals surface area (Å²) in [5.74, 6) is 6.74. The van der Waals surface area contributed by atoms with Crippen LogP contribution in [-0.4, -0.2) is 39.6 Å². The maximum Gasteiger partial charge on any atom is 0.394 e. The Balaban J connectivity index is 1.30. The molecule has 0 aromatic carbocycles. The molecular weight excluding hydrogens is 443 g/mol. The second-order valence-corrected chi connectivity index (χ2v) is 10.2. The van der Waals surface area contributed by atoms with Crippen molar-refractivity contribution < 1.29 is 22.7 Å². The molecule has 5 nitrogen and oxygen atoms in total. The maximum absolute atomic E-state index is 13.8. The normalized spacial score (nSPS) is 31.0. The van der Waals surface area contributed by atoms with E-state index in [1.807, 2.05) is 13.0 Å². The van der Waals surface area contributed by atoms with E-state index in [1.54, 1.807) is 29.7 Å². The molecule has 4 aliphatic rings. The Labute approximate surface area is 195 Å². The number of amides is 1. The van der Waals surface area contributed by atoms with Gasteiger partial charge in [0.15, 0.2) is 0 Å². The molecule has 0 unspecified atom stereocenters. The van der Waals surface area contributed by atoms with Crippen LogP contribution in [0, 0.1) is 29.6 Å². The predicted octanol–water partition coefficient (Wildman–Crippen LogP) is 4.73. The number of aromatic nitrogens is 2. The number of likely N-dealkylation sites (tertiary alicyclic amines) is 1. The number of pyridine rings is 2. The van der Waals surface area contributed by atoms with Gasteiger partial charge in [-0.15, -0.1) is 0 Å². The van der Waals surface area contributed by atoms with Crippen molar-refractivity contribution in [2.24, 2.45) is 10.8 Å². The van der Waals surface area contributed by atoms with E-state index in [9.17, 15) is 18.0 Å². The van der Waals surface area contributed by atoms with Crippen molar-refractivity contribution in [3.8, 4) is 17.6 Å². The van der Waals surface area contributed by atoms with Gasteiger partial charge >= 0.3 is 6.18 Å². The summed E-state index contributed by atoms with van der Waals surface area (Å²) in [7, 11) is 0. The minimum atomic E-state index is -4.26. The molecule has 1 amide bonds. The number of nitrogens with zero attached hydrogens (tertiary/aromatic N) is 3. The van der Waals surface area contributed by atoms with Gasteiger partial charge in [0, 0.05) is 42.3 Å². The number of alkyl halides is 3. The summed E-state index contributed by atoms with van der Waals surface area (Å²) in [5, 5.41) is 0.